The number of benzene rings is 1. The minimum atomic E-state index is -1.32. The molecule has 7 nitrogen and oxygen atoms in total. The normalized spacial score (nSPS) is 21.2. The van der Waals surface area contributed by atoms with Crippen molar-refractivity contribution in [1.29, 1.82) is 0 Å². The molecule has 1 aromatic carbocycles. The first-order chi connectivity index (χ1) is 14.4. The number of carbonyl (C=O) groups excluding carboxylic acids is 1. The van der Waals surface area contributed by atoms with E-state index >= 15 is 0 Å². The van der Waals surface area contributed by atoms with Crippen LogP contribution in [0.15, 0.2) is 23.0 Å². The molecule has 1 unspecified atom stereocenters. The molecular weight excluding hydrogens is 382 g/mol. The van der Waals surface area contributed by atoms with Crippen LogP contribution in [0.5, 0.6) is 5.75 Å². The van der Waals surface area contributed by atoms with E-state index in [0.717, 1.165) is 52.5 Å². The Balaban J connectivity index is 1.68. The SMILES string of the molecule is CCC1(N)C(=O)OCc2c1cc1n(c2=O)Cc2c-1nc1ccc(O)c3c1c2CCC3. The Kier molecular flexibility index (Phi) is 3.35. The van der Waals surface area contributed by atoms with Crippen molar-refractivity contribution in [3.8, 4) is 17.1 Å². The van der Waals surface area contributed by atoms with E-state index in [1.165, 1.54) is 0 Å². The maximum atomic E-state index is 13.4. The lowest BCUT2D eigenvalue weighted by molar-refractivity contribution is -0.154. The van der Waals surface area contributed by atoms with Crippen molar-refractivity contribution in [3.05, 3.63) is 56.4 Å². The number of aryl methyl sites for hydroxylation is 2. The minimum Gasteiger partial charge on any atom is -0.508 e. The fourth-order valence-electron chi connectivity index (χ4n) is 5.34. The van der Waals surface area contributed by atoms with Crippen molar-refractivity contribution >= 4 is 16.9 Å². The lowest BCUT2D eigenvalue weighted by Gasteiger charge is -2.32. The van der Waals surface area contributed by atoms with Crippen molar-refractivity contribution in [3.63, 3.8) is 0 Å². The molecule has 4 heterocycles. The van der Waals surface area contributed by atoms with Gasteiger partial charge in [-0.25, -0.2) is 9.78 Å². The molecule has 0 saturated carbocycles. The number of hydrogen-bond acceptors (Lipinski definition) is 6. The summed E-state index contributed by atoms with van der Waals surface area (Å²) in [5, 5.41) is 11.4. The predicted molar refractivity (Wildman–Crippen MR) is 110 cm³/mol. The second kappa shape index (κ2) is 5.70. The number of rotatable bonds is 1. The first-order valence-corrected chi connectivity index (χ1v) is 10.3. The molecular formula is C23H21N3O4. The zero-order valence-corrected chi connectivity index (χ0v) is 16.6. The molecule has 0 fully saturated rings. The molecule has 2 aliphatic heterocycles. The second-order valence-corrected chi connectivity index (χ2v) is 8.44. The van der Waals surface area contributed by atoms with Gasteiger partial charge in [-0.05, 0) is 55.0 Å². The van der Waals surface area contributed by atoms with Crippen LogP contribution in [0.1, 0.15) is 47.6 Å². The van der Waals surface area contributed by atoms with Gasteiger partial charge in [0.2, 0.25) is 0 Å². The Hall–Kier alpha value is -3.19. The van der Waals surface area contributed by atoms with Crippen molar-refractivity contribution in [2.75, 3.05) is 0 Å². The summed E-state index contributed by atoms with van der Waals surface area (Å²) in [6, 6.07) is 5.39. The molecule has 6 rings (SSSR count). The maximum absolute atomic E-state index is 13.4. The molecule has 152 valence electrons. The van der Waals surface area contributed by atoms with Crippen molar-refractivity contribution < 1.29 is 14.6 Å². The third kappa shape index (κ3) is 2.00. The van der Waals surface area contributed by atoms with Crippen LogP contribution in [0.25, 0.3) is 22.3 Å². The summed E-state index contributed by atoms with van der Waals surface area (Å²) in [6.45, 7) is 2.20. The Morgan fingerprint density at radius 3 is 2.80 bits per heavy atom. The summed E-state index contributed by atoms with van der Waals surface area (Å²) < 4.78 is 6.97. The largest absolute Gasteiger partial charge is 0.508 e. The summed E-state index contributed by atoms with van der Waals surface area (Å²) in [4.78, 5) is 30.7. The number of hydrogen-bond donors (Lipinski definition) is 2. The Morgan fingerprint density at radius 1 is 1.20 bits per heavy atom. The van der Waals surface area contributed by atoms with E-state index in [-0.39, 0.29) is 12.2 Å². The van der Waals surface area contributed by atoms with Crippen LogP contribution < -0.4 is 11.3 Å². The van der Waals surface area contributed by atoms with E-state index < -0.39 is 11.5 Å². The lowest BCUT2D eigenvalue weighted by Crippen LogP contribution is -2.50. The van der Waals surface area contributed by atoms with Gasteiger partial charge in [-0.15, -0.1) is 0 Å². The summed E-state index contributed by atoms with van der Waals surface area (Å²) >= 11 is 0. The third-order valence-corrected chi connectivity index (χ3v) is 7.01. The van der Waals surface area contributed by atoms with Gasteiger partial charge in [-0.2, -0.15) is 0 Å². The van der Waals surface area contributed by atoms with Crippen molar-refractivity contribution in [2.45, 2.75) is 51.3 Å². The van der Waals surface area contributed by atoms with Gasteiger partial charge in [0.25, 0.3) is 5.56 Å². The molecule has 0 spiro atoms. The van der Waals surface area contributed by atoms with Gasteiger partial charge in [-0.3, -0.25) is 4.79 Å². The summed E-state index contributed by atoms with van der Waals surface area (Å²) in [5.74, 6) is -0.193. The monoisotopic (exact) mass is 403 g/mol. The van der Waals surface area contributed by atoms with E-state index in [0.29, 0.717) is 35.5 Å². The zero-order chi connectivity index (χ0) is 20.8. The van der Waals surface area contributed by atoms with Crippen LogP contribution >= 0.6 is 0 Å². The maximum Gasteiger partial charge on any atom is 0.331 e. The fraction of sp³-hybridized carbons (Fsp3) is 0.348. The van der Waals surface area contributed by atoms with Crippen molar-refractivity contribution in [1.82, 2.24) is 9.55 Å². The van der Waals surface area contributed by atoms with Crippen LogP contribution in [0.2, 0.25) is 0 Å². The van der Waals surface area contributed by atoms with Crippen LogP contribution in [0, 0.1) is 0 Å². The fourth-order valence-corrected chi connectivity index (χ4v) is 5.34. The number of phenolic OH excluding ortho intramolecular Hbond substituents is 1. The number of fused-ring (bicyclic) bond motifs is 5. The Bertz CT molecular complexity index is 1360. The number of aromatic nitrogens is 2. The minimum absolute atomic E-state index is 0.0527. The van der Waals surface area contributed by atoms with E-state index in [4.69, 9.17) is 15.5 Å². The van der Waals surface area contributed by atoms with Gasteiger partial charge in [0.1, 0.15) is 17.9 Å². The van der Waals surface area contributed by atoms with Gasteiger partial charge in [-0.1, -0.05) is 6.92 Å². The number of aromatic hydroxyl groups is 1. The molecule has 3 aliphatic rings. The van der Waals surface area contributed by atoms with Crippen LogP contribution in [-0.4, -0.2) is 20.6 Å². The number of pyridine rings is 2. The Labute approximate surface area is 172 Å². The Morgan fingerprint density at radius 2 is 2.00 bits per heavy atom. The van der Waals surface area contributed by atoms with Crippen LogP contribution in [0.3, 0.4) is 0 Å². The summed E-state index contributed by atoms with van der Waals surface area (Å²) in [7, 11) is 0. The quantitative estimate of drug-likeness (QED) is 0.472. The number of phenols is 1. The topological polar surface area (TPSA) is 107 Å². The molecule has 2 aromatic heterocycles. The molecule has 3 N–H and O–H groups in total. The highest BCUT2D eigenvalue weighted by Crippen LogP contribution is 2.43. The zero-order valence-electron chi connectivity index (χ0n) is 16.6. The molecule has 3 aromatic rings. The average molecular weight is 403 g/mol. The van der Waals surface area contributed by atoms with E-state index in [1.54, 1.807) is 10.6 Å². The van der Waals surface area contributed by atoms with Gasteiger partial charge >= 0.3 is 5.97 Å². The first-order valence-electron chi connectivity index (χ1n) is 10.3. The number of cyclic esters (lactones) is 1. The molecule has 0 radical (unpaired) electrons. The highest BCUT2D eigenvalue weighted by Gasteiger charge is 2.44. The number of carbonyl (C=O) groups is 1. The summed E-state index contributed by atoms with van der Waals surface area (Å²) in [5.41, 5.74) is 11.3. The number of ether oxygens (including phenoxy) is 1. The van der Waals surface area contributed by atoms with Crippen LogP contribution in [-0.2, 0) is 41.1 Å². The highest BCUT2D eigenvalue weighted by atomic mass is 16.5. The molecule has 7 heteroatoms. The molecule has 30 heavy (non-hydrogen) atoms. The van der Waals surface area contributed by atoms with Gasteiger partial charge in [0, 0.05) is 16.5 Å². The van der Waals surface area contributed by atoms with Crippen LogP contribution in [0.4, 0.5) is 0 Å². The third-order valence-electron chi connectivity index (χ3n) is 7.01. The number of nitrogens with two attached hydrogens (primary N) is 1. The van der Waals surface area contributed by atoms with Gasteiger partial charge in [0.15, 0.2) is 0 Å². The van der Waals surface area contributed by atoms with Gasteiger partial charge in [0.05, 0.1) is 29.0 Å². The first kappa shape index (κ1) is 17.7. The number of nitrogens with zero attached hydrogens (tertiary/aromatic N) is 2. The molecule has 0 amide bonds. The summed E-state index contributed by atoms with van der Waals surface area (Å²) in [6.07, 6.45) is 3.00. The van der Waals surface area contributed by atoms with E-state index in [2.05, 4.69) is 0 Å². The van der Waals surface area contributed by atoms with E-state index in [1.807, 2.05) is 19.1 Å². The highest BCUT2D eigenvalue weighted by molar-refractivity contribution is 5.93. The average Bonchev–Trinajstić information content (AvgIpc) is 3.13. The van der Waals surface area contributed by atoms with E-state index in [9.17, 15) is 14.7 Å². The second-order valence-electron chi connectivity index (χ2n) is 8.44. The van der Waals surface area contributed by atoms with Gasteiger partial charge < -0.3 is 20.1 Å². The standard InChI is InChI=1S/C23H21N3O4/c1-2-23(24)15-8-17-20-13(9-26(17)21(28)14(15)10-30-22(23)29)11-4-3-5-12-18(27)7-6-16(25-20)19(11)12/h6-8,27H,2-5,9-10,24H2,1H3. The smallest absolute Gasteiger partial charge is 0.331 e. The lowest BCUT2D eigenvalue weighted by atomic mass is 9.83. The molecule has 0 saturated heterocycles. The van der Waals surface area contributed by atoms with Crippen molar-refractivity contribution in [2.24, 2.45) is 5.73 Å². The molecule has 1 atom stereocenters. The number of esters is 1. The molecule has 1 aliphatic carbocycles. The molecule has 0 bridgehead atoms. The predicted octanol–water partition coefficient (Wildman–Crippen LogP) is 2.24.